The molecule has 0 bridgehead atoms. The van der Waals surface area contributed by atoms with Crippen LogP contribution in [0.15, 0.2) is 72.8 Å². The first-order valence-electron chi connectivity index (χ1n) is 9.83. The van der Waals surface area contributed by atoms with Crippen LogP contribution < -0.4 is 15.9 Å². The molecule has 0 aliphatic rings. The molecule has 0 unspecified atom stereocenters. The Labute approximate surface area is 172 Å². The van der Waals surface area contributed by atoms with Crippen LogP contribution in [0.1, 0.15) is 36.5 Å². The Bertz CT molecular complexity index is 779. The van der Waals surface area contributed by atoms with E-state index in [2.05, 4.69) is 116 Å². The van der Waals surface area contributed by atoms with Crippen LogP contribution in [0.2, 0.25) is 0 Å². The number of hydrogen-bond donors (Lipinski definition) is 0. The molecule has 0 saturated carbocycles. The summed E-state index contributed by atoms with van der Waals surface area (Å²) >= 11 is 4.52. The molecule has 0 radical (unpaired) electrons. The maximum atomic E-state index is 4.52. The van der Waals surface area contributed by atoms with Gasteiger partial charge in [0.05, 0.1) is 0 Å². The van der Waals surface area contributed by atoms with Gasteiger partial charge in [-0.25, -0.2) is 0 Å². The van der Waals surface area contributed by atoms with E-state index in [4.69, 9.17) is 0 Å². The standard InChI is InChI=1S/C25H30BrP/c1-5-6-19-27(26,23-13-7-20(2)8-14-23,24-15-9-21(3)10-16-24)25-17-11-22(4)12-18-25/h7-18H,5-6,19H2,1-4H3. The molecule has 0 aliphatic heterocycles. The third-order valence-corrected chi connectivity index (χ3v) is 15.7. The maximum absolute atomic E-state index is 4.52. The van der Waals surface area contributed by atoms with Gasteiger partial charge in [0.15, 0.2) is 0 Å². The average Bonchev–Trinajstić information content (AvgIpc) is 2.68. The van der Waals surface area contributed by atoms with Crippen LogP contribution in [0.3, 0.4) is 0 Å². The van der Waals surface area contributed by atoms with Gasteiger partial charge in [-0.05, 0) is 0 Å². The molecule has 3 aromatic rings. The topological polar surface area (TPSA) is 0 Å². The van der Waals surface area contributed by atoms with Gasteiger partial charge in [0, 0.05) is 0 Å². The molecule has 0 aliphatic carbocycles. The monoisotopic (exact) mass is 440 g/mol. The van der Waals surface area contributed by atoms with Crippen molar-refractivity contribution in [2.45, 2.75) is 40.5 Å². The predicted molar refractivity (Wildman–Crippen MR) is 128 cm³/mol. The van der Waals surface area contributed by atoms with Crippen LogP contribution >= 0.6 is 20.8 Å². The molecule has 0 saturated heterocycles. The molecule has 0 nitrogen and oxygen atoms in total. The van der Waals surface area contributed by atoms with Crippen molar-refractivity contribution in [1.82, 2.24) is 0 Å². The van der Waals surface area contributed by atoms with E-state index in [0.717, 1.165) is 6.16 Å². The van der Waals surface area contributed by atoms with E-state index in [1.54, 1.807) is 0 Å². The zero-order chi connectivity index (χ0) is 19.5. The quantitative estimate of drug-likeness (QED) is 0.381. The first-order valence-corrected chi connectivity index (χ1v) is 14.3. The van der Waals surface area contributed by atoms with Crippen molar-refractivity contribution in [2.75, 3.05) is 6.16 Å². The number of unbranched alkanes of at least 4 members (excludes halogenated alkanes) is 1. The molecule has 0 aromatic heterocycles. The van der Waals surface area contributed by atoms with Crippen molar-refractivity contribution < 1.29 is 0 Å². The molecular weight excluding hydrogens is 411 g/mol. The van der Waals surface area contributed by atoms with Crippen molar-refractivity contribution >= 4 is 36.7 Å². The van der Waals surface area contributed by atoms with Crippen LogP contribution in [0.4, 0.5) is 0 Å². The summed E-state index contributed by atoms with van der Waals surface area (Å²) in [7, 11) is 0. The number of halogens is 1. The third kappa shape index (κ3) is 3.65. The fraction of sp³-hybridized carbons (Fsp3) is 0.280. The zero-order valence-electron chi connectivity index (χ0n) is 16.9. The van der Waals surface area contributed by atoms with Gasteiger partial charge in [-0.3, -0.25) is 0 Å². The first-order chi connectivity index (χ1) is 12.9. The normalized spacial score (nSPS) is 13.1. The third-order valence-electron chi connectivity index (χ3n) is 5.65. The summed E-state index contributed by atoms with van der Waals surface area (Å²) in [6.07, 6.45) is 3.52. The van der Waals surface area contributed by atoms with Gasteiger partial charge in [0.25, 0.3) is 0 Å². The fourth-order valence-corrected chi connectivity index (χ4v) is 11.6. The second-order valence-corrected chi connectivity index (χ2v) is 16.8. The Hall–Kier alpha value is -1.43. The second kappa shape index (κ2) is 7.90. The summed E-state index contributed by atoms with van der Waals surface area (Å²) in [5.41, 5.74) is 3.92. The van der Waals surface area contributed by atoms with Crippen molar-refractivity contribution in [3.05, 3.63) is 89.5 Å². The molecule has 3 aromatic carbocycles. The van der Waals surface area contributed by atoms with E-state index in [-0.39, 0.29) is 0 Å². The van der Waals surface area contributed by atoms with Gasteiger partial charge in [0.2, 0.25) is 0 Å². The summed E-state index contributed by atoms with van der Waals surface area (Å²) < 4.78 is 0. The van der Waals surface area contributed by atoms with Crippen LogP contribution in [-0.2, 0) is 0 Å². The molecule has 0 heterocycles. The van der Waals surface area contributed by atoms with Gasteiger partial charge in [-0.15, -0.1) is 0 Å². The average molecular weight is 441 g/mol. The Morgan fingerprint density at radius 2 is 0.889 bits per heavy atom. The SMILES string of the molecule is CCCCP(Br)(c1ccc(C)cc1)(c1ccc(C)cc1)c1ccc(C)cc1. The molecule has 0 spiro atoms. The number of aryl methyl sites for hydroxylation is 3. The Morgan fingerprint density at radius 1 is 0.593 bits per heavy atom. The van der Waals surface area contributed by atoms with Gasteiger partial charge in [0.1, 0.15) is 0 Å². The molecule has 27 heavy (non-hydrogen) atoms. The summed E-state index contributed by atoms with van der Waals surface area (Å²) in [4.78, 5) is 0. The second-order valence-electron chi connectivity index (χ2n) is 7.77. The molecule has 2 heteroatoms. The van der Waals surface area contributed by atoms with Gasteiger partial charge in [-0.2, -0.15) is 0 Å². The van der Waals surface area contributed by atoms with Gasteiger partial charge in [-0.1, -0.05) is 0 Å². The molecule has 0 fully saturated rings. The molecule has 0 atom stereocenters. The summed E-state index contributed by atoms with van der Waals surface area (Å²) in [6.45, 7) is 8.78. The Kier molecular flexibility index (Phi) is 5.94. The van der Waals surface area contributed by atoms with E-state index in [9.17, 15) is 0 Å². The minimum absolute atomic E-state index is 1.14. The van der Waals surface area contributed by atoms with E-state index < -0.39 is 5.31 Å². The number of hydrogen-bond acceptors (Lipinski definition) is 0. The summed E-state index contributed by atoms with van der Waals surface area (Å²) in [6, 6.07) is 27.6. The molecule has 3 rings (SSSR count). The zero-order valence-corrected chi connectivity index (χ0v) is 19.4. The first kappa shape index (κ1) is 20.3. The van der Waals surface area contributed by atoms with Crippen LogP contribution in [0.25, 0.3) is 0 Å². The van der Waals surface area contributed by atoms with Crippen LogP contribution in [-0.4, -0.2) is 6.16 Å². The number of rotatable bonds is 6. The Morgan fingerprint density at radius 3 is 1.15 bits per heavy atom. The van der Waals surface area contributed by atoms with Gasteiger partial charge >= 0.3 is 173 Å². The van der Waals surface area contributed by atoms with Crippen LogP contribution in [0, 0.1) is 20.8 Å². The summed E-state index contributed by atoms with van der Waals surface area (Å²) in [5, 5.41) is 1.56. The number of benzene rings is 3. The fourth-order valence-electron chi connectivity index (χ4n) is 3.86. The summed E-state index contributed by atoms with van der Waals surface area (Å²) in [5.74, 6) is 0. The van der Waals surface area contributed by atoms with E-state index in [1.165, 1.54) is 45.4 Å². The van der Waals surface area contributed by atoms with Crippen molar-refractivity contribution in [1.29, 1.82) is 0 Å². The Balaban J connectivity index is 2.38. The molecule has 0 N–H and O–H groups in total. The minimum atomic E-state index is -2.71. The van der Waals surface area contributed by atoms with Crippen molar-refractivity contribution in [3.63, 3.8) is 0 Å². The van der Waals surface area contributed by atoms with Gasteiger partial charge < -0.3 is 0 Å². The predicted octanol–water partition coefficient (Wildman–Crippen LogP) is 6.55. The van der Waals surface area contributed by atoms with Crippen molar-refractivity contribution in [2.24, 2.45) is 0 Å². The molecule has 142 valence electrons. The van der Waals surface area contributed by atoms with E-state index >= 15 is 0 Å². The van der Waals surface area contributed by atoms with Crippen LogP contribution in [0.5, 0.6) is 0 Å². The molecule has 0 amide bonds. The van der Waals surface area contributed by atoms with Crippen molar-refractivity contribution in [3.8, 4) is 0 Å². The molecular formula is C25H30BrP. The van der Waals surface area contributed by atoms with E-state index in [1.807, 2.05) is 0 Å². The van der Waals surface area contributed by atoms with E-state index in [0.29, 0.717) is 0 Å².